The van der Waals surface area contributed by atoms with E-state index < -0.39 is 0 Å². The molecule has 0 unspecified atom stereocenters. The summed E-state index contributed by atoms with van der Waals surface area (Å²) >= 11 is 0. The van der Waals surface area contributed by atoms with E-state index in [0.717, 1.165) is 5.41 Å². The Bertz CT molecular complexity index is 149. The van der Waals surface area contributed by atoms with Gasteiger partial charge in [-0.05, 0) is 43.9 Å². The van der Waals surface area contributed by atoms with Gasteiger partial charge in [-0.3, -0.25) is 0 Å². The molecule has 0 bridgehead atoms. The normalized spacial score (nSPS) is 29.3. The van der Waals surface area contributed by atoms with Crippen LogP contribution in [0.2, 0.25) is 0 Å². The number of methoxy groups -OCH3 is 1. The summed E-state index contributed by atoms with van der Waals surface area (Å²) in [6.07, 6.45) is 13.5. The summed E-state index contributed by atoms with van der Waals surface area (Å²) in [4.78, 5) is 0. The predicted molar refractivity (Wildman–Crippen MR) is 54.8 cm³/mol. The molecule has 0 saturated heterocycles. The third-order valence-corrected chi connectivity index (χ3v) is 4.24. The van der Waals surface area contributed by atoms with E-state index in [1.807, 2.05) is 7.11 Å². The smallest absolute Gasteiger partial charge is 0.0571 e. The zero-order valence-corrected chi connectivity index (χ0v) is 8.85. The summed E-state index contributed by atoms with van der Waals surface area (Å²) < 4.78 is 5.43. The second-order valence-electron chi connectivity index (χ2n) is 5.00. The Labute approximate surface area is 81.9 Å². The highest BCUT2D eigenvalue weighted by Crippen LogP contribution is 2.47. The van der Waals surface area contributed by atoms with Crippen molar-refractivity contribution >= 4 is 0 Å². The maximum atomic E-state index is 5.43. The van der Waals surface area contributed by atoms with Crippen molar-refractivity contribution < 1.29 is 4.74 Å². The van der Waals surface area contributed by atoms with Gasteiger partial charge >= 0.3 is 0 Å². The molecule has 0 aromatic heterocycles. The molecule has 0 aromatic carbocycles. The largest absolute Gasteiger partial charge is 0.381 e. The Morgan fingerprint density at radius 1 is 0.923 bits per heavy atom. The molecule has 0 atom stereocenters. The third-order valence-electron chi connectivity index (χ3n) is 4.24. The molecular formula is C12H22O. The van der Waals surface area contributed by atoms with E-state index >= 15 is 0 Å². The molecule has 2 aliphatic carbocycles. The van der Waals surface area contributed by atoms with Gasteiger partial charge in [0.2, 0.25) is 0 Å². The van der Waals surface area contributed by atoms with Gasteiger partial charge in [-0.2, -0.15) is 0 Å². The standard InChI is InChI=1S/C12H22O/c1-13-11-5-9-12(10-6-11)7-3-2-4-8-12/h11H,2-10H2,1H3. The van der Waals surface area contributed by atoms with Gasteiger partial charge in [0.25, 0.3) is 0 Å². The average Bonchev–Trinajstić information content (AvgIpc) is 2.20. The van der Waals surface area contributed by atoms with Crippen molar-refractivity contribution in [2.45, 2.75) is 63.9 Å². The molecular weight excluding hydrogens is 160 g/mol. The molecule has 2 saturated carbocycles. The first-order valence-electron chi connectivity index (χ1n) is 5.87. The highest BCUT2D eigenvalue weighted by atomic mass is 16.5. The van der Waals surface area contributed by atoms with E-state index in [4.69, 9.17) is 4.74 Å². The monoisotopic (exact) mass is 182 g/mol. The minimum atomic E-state index is 0.576. The zero-order valence-electron chi connectivity index (χ0n) is 8.85. The molecule has 1 heteroatoms. The molecule has 13 heavy (non-hydrogen) atoms. The predicted octanol–water partition coefficient (Wildman–Crippen LogP) is 3.53. The van der Waals surface area contributed by atoms with Crippen LogP contribution >= 0.6 is 0 Å². The Balaban J connectivity index is 1.87. The van der Waals surface area contributed by atoms with Gasteiger partial charge in [0.1, 0.15) is 0 Å². The fourth-order valence-corrected chi connectivity index (χ4v) is 3.24. The van der Waals surface area contributed by atoms with Gasteiger partial charge in [0, 0.05) is 7.11 Å². The van der Waals surface area contributed by atoms with Crippen LogP contribution in [0.25, 0.3) is 0 Å². The van der Waals surface area contributed by atoms with Crippen LogP contribution in [0.1, 0.15) is 57.8 Å². The van der Waals surface area contributed by atoms with Crippen LogP contribution in [0.15, 0.2) is 0 Å². The van der Waals surface area contributed by atoms with Gasteiger partial charge in [-0.25, -0.2) is 0 Å². The second-order valence-corrected chi connectivity index (χ2v) is 5.00. The third kappa shape index (κ3) is 2.07. The van der Waals surface area contributed by atoms with E-state index in [1.54, 1.807) is 0 Å². The molecule has 0 aromatic rings. The van der Waals surface area contributed by atoms with Crippen molar-refractivity contribution in [3.63, 3.8) is 0 Å². The van der Waals surface area contributed by atoms with Gasteiger partial charge in [0.05, 0.1) is 6.10 Å². The van der Waals surface area contributed by atoms with Crippen LogP contribution < -0.4 is 0 Å². The fourth-order valence-electron chi connectivity index (χ4n) is 3.24. The van der Waals surface area contributed by atoms with Gasteiger partial charge in [0.15, 0.2) is 0 Å². The molecule has 1 nitrogen and oxygen atoms in total. The van der Waals surface area contributed by atoms with Gasteiger partial charge < -0.3 is 4.74 Å². The zero-order chi connectivity index (χ0) is 9.15. The van der Waals surface area contributed by atoms with Crippen molar-refractivity contribution in [1.82, 2.24) is 0 Å². The van der Waals surface area contributed by atoms with Crippen LogP contribution in [0.4, 0.5) is 0 Å². The maximum absolute atomic E-state index is 5.43. The molecule has 0 radical (unpaired) electrons. The first kappa shape index (κ1) is 9.51. The quantitative estimate of drug-likeness (QED) is 0.603. The second kappa shape index (κ2) is 4.00. The Kier molecular flexibility index (Phi) is 2.92. The lowest BCUT2D eigenvalue weighted by Crippen LogP contribution is -2.32. The van der Waals surface area contributed by atoms with Crippen LogP contribution in [0.3, 0.4) is 0 Å². The lowest BCUT2D eigenvalue weighted by molar-refractivity contribution is 0.0116. The van der Waals surface area contributed by atoms with Gasteiger partial charge in [-0.1, -0.05) is 19.3 Å². The minimum absolute atomic E-state index is 0.576. The highest BCUT2D eigenvalue weighted by molar-refractivity contribution is 4.88. The molecule has 2 rings (SSSR count). The van der Waals surface area contributed by atoms with E-state index in [-0.39, 0.29) is 0 Å². The molecule has 76 valence electrons. The van der Waals surface area contributed by atoms with Crippen molar-refractivity contribution in [3.8, 4) is 0 Å². The van der Waals surface area contributed by atoms with Crippen molar-refractivity contribution in [2.75, 3.05) is 7.11 Å². The first-order chi connectivity index (χ1) is 6.35. The summed E-state index contributed by atoms with van der Waals surface area (Å²) in [5.74, 6) is 0. The summed E-state index contributed by atoms with van der Waals surface area (Å²) in [5.41, 5.74) is 0.757. The molecule has 2 fully saturated rings. The molecule has 1 spiro atoms. The fraction of sp³-hybridized carbons (Fsp3) is 1.00. The minimum Gasteiger partial charge on any atom is -0.381 e. The number of ether oxygens (including phenoxy) is 1. The number of hydrogen-bond donors (Lipinski definition) is 0. The van der Waals surface area contributed by atoms with Crippen LogP contribution in [0, 0.1) is 5.41 Å². The van der Waals surface area contributed by atoms with Crippen molar-refractivity contribution in [2.24, 2.45) is 5.41 Å². The highest BCUT2D eigenvalue weighted by Gasteiger charge is 2.35. The van der Waals surface area contributed by atoms with Gasteiger partial charge in [-0.15, -0.1) is 0 Å². The molecule has 0 amide bonds. The SMILES string of the molecule is COC1CCC2(CCCCC2)CC1. The lowest BCUT2D eigenvalue weighted by Gasteiger charge is -2.42. The molecule has 0 heterocycles. The van der Waals surface area contributed by atoms with Crippen LogP contribution in [-0.2, 0) is 4.74 Å². The van der Waals surface area contributed by atoms with E-state index in [0.29, 0.717) is 6.10 Å². The Hall–Kier alpha value is -0.0400. The maximum Gasteiger partial charge on any atom is 0.0571 e. The topological polar surface area (TPSA) is 9.23 Å². The molecule has 0 N–H and O–H groups in total. The summed E-state index contributed by atoms with van der Waals surface area (Å²) in [5, 5.41) is 0. The van der Waals surface area contributed by atoms with Crippen molar-refractivity contribution in [1.29, 1.82) is 0 Å². The lowest BCUT2D eigenvalue weighted by atomic mass is 9.65. The van der Waals surface area contributed by atoms with E-state index in [1.165, 1.54) is 57.8 Å². The summed E-state index contributed by atoms with van der Waals surface area (Å²) in [6, 6.07) is 0. The van der Waals surface area contributed by atoms with E-state index in [9.17, 15) is 0 Å². The van der Waals surface area contributed by atoms with Crippen LogP contribution in [-0.4, -0.2) is 13.2 Å². The molecule has 2 aliphatic rings. The first-order valence-corrected chi connectivity index (χ1v) is 5.87. The Morgan fingerprint density at radius 2 is 1.54 bits per heavy atom. The number of rotatable bonds is 1. The molecule has 0 aliphatic heterocycles. The van der Waals surface area contributed by atoms with Crippen molar-refractivity contribution in [3.05, 3.63) is 0 Å². The summed E-state index contributed by atoms with van der Waals surface area (Å²) in [7, 11) is 1.86. The van der Waals surface area contributed by atoms with E-state index in [2.05, 4.69) is 0 Å². The average molecular weight is 182 g/mol. The number of hydrogen-bond acceptors (Lipinski definition) is 1. The van der Waals surface area contributed by atoms with Crippen LogP contribution in [0.5, 0.6) is 0 Å². The Morgan fingerprint density at radius 3 is 2.08 bits per heavy atom. The summed E-state index contributed by atoms with van der Waals surface area (Å²) in [6.45, 7) is 0.